The van der Waals surface area contributed by atoms with E-state index in [1.54, 1.807) is 4.90 Å². The van der Waals surface area contributed by atoms with Gasteiger partial charge in [-0.3, -0.25) is 9.59 Å². The van der Waals surface area contributed by atoms with Crippen LogP contribution in [0.5, 0.6) is 0 Å². The summed E-state index contributed by atoms with van der Waals surface area (Å²) in [6, 6.07) is 0. The summed E-state index contributed by atoms with van der Waals surface area (Å²) in [6.45, 7) is 7.81. The number of nitrogens with zero attached hydrogens (tertiary/aromatic N) is 1. The van der Waals surface area contributed by atoms with Gasteiger partial charge in [0.25, 0.3) is 0 Å². The maximum absolute atomic E-state index is 12.1. The van der Waals surface area contributed by atoms with Gasteiger partial charge in [-0.2, -0.15) is 0 Å². The van der Waals surface area contributed by atoms with E-state index < -0.39 is 0 Å². The topological polar surface area (TPSA) is 58.6 Å². The van der Waals surface area contributed by atoms with Crippen molar-refractivity contribution in [1.29, 1.82) is 0 Å². The highest BCUT2D eigenvalue weighted by molar-refractivity contribution is 5.89. The molecule has 0 aromatic rings. The van der Waals surface area contributed by atoms with Crippen molar-refractivity contribution in [2.24, 2.45) is 5.92 Å². The molecule has 0 bridgehead atoms. The molecule has 2 saturated heterocycles. The van der Waals surface area contributed by atoms with Crippen LogP contribution in [0.2, 0.25) is 0 Å². The summed E-state index contributed by atoms with van der Waals surface area (Å²) in [7, 11) is 0. The van der Waals surface area contributed by atoms with Gasteiger partial charge in [-0.25, -0.2) is 0 Å². The summed E-state index contributed by atoms with van der Waals surface area (Å²) in [6.07, 6.45) is 2.58. The zero-order chi connectivity index (χ0) is 14.0. The standard InChI is InChI=1S/C14H24N2O3/c1-14(2,3)15-13(18)10-7-12(17)16(8-10)9-11-5-4-6-19-11/h10-11H,4-9H2,1-3H3,(H,15,18). The Bertz CT molecular complexity index is 356. The van der Waals surface area contributed by atoms with E-state index in [2.05, 4.69) is 5.32 Å². The number of likely N-dealkylation sites (tertiary alicyclic amines) is 1. The van der Waals surface area contributed by atoms with Gasteiger partial charge < -0.3 is 15.0 Å². The first-order valence-corrected chi connectivity index (χ1v) is 7.06. The molecule has 2 fully saturated rings. The molecule has 2 atom stereocenters. The van der Waals surface area contributed by atoms with Crippen molar-refractivity contribution in [3.05, 3.63) is 0 Å². The molecule has 2 amide bonds. The highest BCUT2D eigenvalue weighted by atomic mass is 16.5. The lowest BCUT2D eigenvalue weighted by molar-refractivity contribution is -0.130. The molecular formula is C14H24N2O3. The smallest absolute Gasteiger partial charge is 0.225 e. The van der Waals surface area contributed by atoms with Gasteiger partial charge in [-0.05, 0) is 33.6 Å². The van der Waals surface area contributed by atoms with Crippen LogP contribution in [0.3, 0.4) is 0 Å². The van der Waals surface area contributed by atoms with Crippen molar-refractivity contribution in [3.8, 4) is 0 Å². The molecule has 0 aromatic heterocycles. The summed E-state index contributed by atoms with van der Waals surface area (Å²) in [5.41, 5.74) is -0.248. The molecule has 0 saturated carbocycles. The summed E-state index contributed by atoms with van der Waals surface area (Å²) in [5, 5.41) is 2.95. The monoisotopic (exact) mass is 268 g/mol. The number of amides is 2. The number of carbonyl (C=O) groups excluding carboxylic acids is 2. The van der Waals surface area contributed by atoms with E-state index >= 15 is 0 Å². The van der Waals surface area contributed by atoms with E-state index in [4.69, 9.17) is 4.74 Å². The lowest BCUT2D eigenvalue weighted by Gasteiger charge is -2.23. The summed E-state index contributed by atoms with van der Waals surface area (Å²) >= 11 is 0. The Balaban J connectivity index is 1.86. The molecule has 2 aliphatic rings. The Hall–Kier alpha value is -1.10. The summed E-state index contributed by atoms with van der Waals surface area (Å²) in [5.74, 6) is -0.159. The van der Waals surface area contributed by atoms with Crippen molar-refractivity contribution in [2.75, 3.05) is 19.7 Å². The van der Waals surface area contributed by atoms with Crippen LogP contribution >= 0.6 is 0 Å². The molecule has 0 aliphatic carbocycles. The fourth-order valence-corrected chi connectivity index (χ4v) is 2.63. The van der Waals surface area contributed by atoms with Crippen LogP contribution < -0.4 is 5.32 Å². The van der Waals surface area contributed by atoms with E-state index in [9.17, 15) is 9.59 Å². The fraction of sp³-hybridized carbons (Fsp3) is 0.857. The molecule has 2 unspecified atom stereocenters. The summed E-state index contributed by atoms with van der Waals surface area (Å²) in [4.78, 5) is 25.8. The van der Waals surface area contributed by atoms with Gasteiger partial charge in [0.15, 0.2) is 0 Å². The van der Waals surface area contributed by atoms with Crippen LogP contribution in [0.4, 0.5) is 0 Å². The first-order chi connectivity index (χ1) is 8.85. The number of nitrogens with one attached hydrogen (secondary N) is 1. The average Bonchev–Trinajstić information content (AvgIpc) is 2.88. The predicted octanol–water partition coefficient (Wildman–Crippen LogP) is 0.929. The second-order valence-electron chi connectivity index (χ2n) is 6.57. The van der Waals surface area contributed by atoms with E-state index in [1.165, 1.54) is 0 Å². The molecule has 0 radical (unpaired) electrons. The molecule has 19 heavy (non-hydrogen) atoms. The molecule has 0 aromatic carbocycles. The second-order valence-corrected chi connectivity index (χ2v) is 6.57. The number of rotatable bonds is 3. The third-order valence-electron chi connectivity index (χ3n) is 3.53. The summed E-state index contributed by atoms with van der Waals surface area (Å²) < 4.78 is 5.55. The van der Waals surface area contributed by atoms with Crippen molar-refractivity contribution in [3.63, 3.8) is 0 Å². The Morgan fingerprint density at radius 2 is 2.21 bits per heavy atom. The van der Waals surface area contributed by atoms with Crippen LogP contribution in [-0.2, 0) is 14.3 Å². The maximum atomic E-state index is 12.1. The highest BCUT2D eigenvalue weighted by Crippen LogP contribution is 2.22. The third kappa shape index (κ3) is 3.93. The van der Waals surface area contributed by atoms with Crippen LogP contribution in [-0.4, -0.2) is 48.1 Å². The first-order valence-electron chi connectivity index (χ1n) is 7.06. The SMILES string of the molecule is CC(C)(C)NC(=O)C1CC(=O)N(CC2CCCO2)C1. The van der Waals surface area contributed by atoms with Gasteiger partial charge in [0, 0.05) is 31.7 Å². The van der Waals surface area contributed by atoms with Gasteiger partial charge in [-0.1, -0.05) is 0 Å². The van der Waals surface area contributed by atoms with Gasteiger partial charge in [-0.15, -0.1) is 0 Å². The minimum absolute atomic E-state index is 0.0179. The molecule has 1 N–H and O–H groups in total. The second kappa shape index (κ2) is 5.49. The zero-order valence-corrected chi connectivity index (χ0v) is 12.1. The fourth-order valence-electron chi connectivity index (χ4n) is 2.63. The number of carbonyl (C=O) groups is 2. The quantitative estimate of drug-likeness (QED) is 0.828. The molecular weight excluding hydrogens is 244 g/mol. The average molecular weight is 268 g/mol. The first kappa shape index (κ1) is 14.3. The van der Waals surface area contributed by atoms with Crippen LogP contribution in [0.15, 0.2) is 0 Å². The molecule has 2 heterocycles. The van der Waals surface area contributed by atoms with E-state index in [1.807, 2.05) is 20.8 Å². The highest BCUT2D eigenvalue weighted by Gasteiger charge is 2.36. The Morgan fingerprint density at radius 3 is 2.79 bits per heavy atom. The van der Waals surface area contributed by atoms with E-state index in [0.717, 1.165) is 19.4 Å². The molecule has 2 aliphatic heterocycles. The Labute approximate surface area is 114 Å². The van der Waals surface area contributed by atoms with Gasteiger partial charge in [0.1, 0.15) is 0 Å². The minimum Gasteiger partial charge on any atom is -0.376 e. The van der Waals surface area contributed by atoms with Crippen molar-refractivity contribution in [1.82, 2.24) is 10.2 Å². The molecule has 5 heteroatoms. The van der Waals surface area contributed by atoms with Gasteiger partial charge >= 0.3 is 0 Å². The zero-order valence-electron chi connectivity index (χ0n) is 12.1. The van der Waals surface area contributed by atoms with Gasteiger partial charge in [0.05, 0.1) is 12.0 Å². The largest absolute Gasteiger partial charge is 0.376 e. The predicted molar refractivity (Wildman–Crippen MR) is 71.6 cm³/mol. The normalized spacial score (nSPS) is 27.9. The third-order valence-corrected chi connectivity index (χ3v) is 3.53. The number of hydrogen-bond donors (Lipinski definition) is 1. The molecule has 2 rings (SSSR count). The van der Waals surface area contributed by atoms with Crippen molar-refractivity contribution < 1.29 is 14.3 Å². The molecule has 108 valence electrons. The number of hydrogen-bond acceptors (Lipinski definition) is 3. The minimum atomic E-state index is -0.248. The van der Waals surface area contributed by atoms with Crippen molar-refractivity contribution >= 4 is 11.8 Å². The lowest BCUT2D eigenvalue weighted by Crippen LogP contribution is -2.44. The van der Waals surface area contributed by atoms with Crippen LogP contribution in [0.1, 0.15) is 40.0 Å². The van der Waals surface area contributed by atoms with Crippen LogP contribution in [0.25, 0.3) is 0 Å². The Kier molecular flexibility index (Phi) is 4.13. The van der Waals surface area contributed by atoms with Crippen LogP contribution in [0, 0.1) is 5.92 Å². The Morgan fingerprint density at radius 1 is 1.47 bits per heavy atom. The molecule has 5 nitrogen and oxygen atoms in total. The maximum Gasteiger partial charge on any atom is 0.225 e. The molecule has 0 spiro atoms. The number of ether oxygens (including phenoxy) is 1. The lowest BCUT2D eigenvalue weighted by atomic mass is 10.0. The van der Waals surface area contributed by atoms with E-state index in [0.29, 0.717) is 19.5 Å². The van der Waals surface area contributed by atoms with Crippen molar-refractivity contribution in [2.45, 2.75) is 51.7 Å². The van der Waals surface area contributed by atoms with Gasteiger partial charge in [0.2, 0.25) is 11.8 Å². The van der Waals surface area contributed by atoms with E-state index in [-0.39, 0.29) is 29.4 Å².